The van der Waals surface area contributed by atoms with E-state index >= 15 is 0 Å². The van der Waals surface area contributed by atoms with Gasteiger partial charge in [0.2, 0.25) is 0 Å². The third-order valence-corrected chi connectivity index (χ3v) is 7.57. The second-order valence-corrected chi connectivity index (χ2v) is 11.5. The summed E-state index contributed by atoms with van der Waals surface area (Å²) in [5.41, 5.74) is 1.96. The van der Waals surface area contributed by atoms with Crippen molar-refractivity contribution < 1.29 is 13.5 Å². The number of hydrogen-bond acceptors (Lipinski definition) is 5. The first-order valence-electron chi connectivity index (χ1n) is 10.7. The maximum Gasteiger partial charge on any atom is 0.308 e. The molecule has 3 aromatic rings. The lowest BCUT2D eigenvalue weighted by Crippen LogP contribution is -2.35. The van der Waals surface area contributed by atoms with Crippen molar-refractivity contribution >= 4 is 10.2 Å². The molecule has 174 valence electrons. The minimum atomic E-state index is -3.84. The van der Waals surface area contributed by atoms with Crippen LogP contribution in [0.2, 0.25) is 0 Å². The summed E-state index contributed by atoms with van der Waals surface area (Å²) in [6, 6.07) is 7.75. The van der Waals surface area contributed by atoms with Crippen molar-refractivity contribution in [2.24, 2.45) is 5.41 Å². The first-order valence-corrected chi connectivity index (χ1v) is 12.1. The van der Waals surface area contributed by atoms with E-state index in [2.05, 4.69) is 36.0 Å². The normalized spacial score (nSPS) is 14.6. The maximum atomic E-state index is 13.0. The monoisotopic (exact) mass is 459 g/mol. The van der Waals surface area contributed by atoms with Crippen LogP contribution in [0.4, 0.5) is 0 Å². The number of H-pyrrole nitrogens is 1. The third-order valence-electron chi connectivity index (χ3n) is 5.87. The molecule has 0 amide bonds. The van der Waals surface area contributed by atoms with Gasteiger partial charge >= 0.3 is 10.2 Å². The van der Waals surface area contributed by atoms with Crippen LogP contribution in [-0.4, -0.2) is 51.1 Å². The Labute approximate surface area is 190 Å². The summed E-state index contributed by atoms with van der Waals surface area (Å²) in [5.74, 6) is 0.118. The van der Waals surface area contributed by atoms with Crippen molar-refractivity contribution in [2.45, 2.75) is 52.6 Å². The van der Waals surface area contributed by atoms with Gasteiger partial charge in [0.25, 0.3) is 0 Å². The molecule has 0 spiro atoms. The predicted molar refractivity (Wildman–Crippen MR) is 125 cm³/mol. The van der Waals surface area contributed by atoms with Crippen molar-refractivity contribution in [3.05, 3.63) is 59.9 Å². The van der Waals surface area contributed by atoms with Crippen molar-refractivity contribution in [1.29, 1.82) is 0 Å². The Balaban J connectivity index is 1.97. The van der Waals surface area contributed by atoms with Crippen LogP contribution < -0.4 is 0 Å². The van der Waals surface area contributed by atoms with Gasteiger partial charge in [0, 0.05) is 38.5 Å². The highest BCUT2D eigenvalue weighted by atomic mass is 32.2. The molecule has 1 unspecified atom stereocenters. The molecule has 32 heavy (non-hydrogen) atoms. The van der Waals surface area contributed by atoms with E-state index in [0.29, 0.717) is 12.1 Å². The number of nitrogens with one attached hydrogen (secondary N) is 1. The van der Waals surface area contributed by atoms with Gasteiger partial charge in [-0.3, -0.25) is 5.10 Å². The standard InChI is InChI=1S/C23H33N5O3S/c1-7-22(2,3)13-20-16-28(32(30,31)27(5)6)21(26-20)23(4,29)12-17-8-10-18(11-9-17)19-14-24-25-15-19/h8-11,14-16,29H,7,12-13H2,1-6H3,(H,24,25). The summed E-state index contributed by atoms with van der Waals surface area (Å²) in [6.07, 6.45) is 6.85. The highest BCUT2D eigenvalue weighted by Gasteiger charge is 2.35. The molecule has 0 aliphatic heterocycles. The van der Waals surface area contributed by atoms with E-state index in [4.69, 9.17) is 0 Å². The lowest BCUT2D eigenvalue weighted by Gasteiger charge is -2.25. The largest absolute Gasteiger partial charge is 0.382 e. The van der Waals surface area contributed by atoms with Crippen LogP contribution in [0.25, 0.3) is 11.1 Å². The van der Waals surface area contributed by atoms with E-state index < -0.39 is 15.8 Å². The van der Waals surface area contributed by atoms with Gasteiger partial charge in [-0.1, -0.05) is 51.5 Å². The van der Waals surface area contributed by atoms with Gasteiger partial charge < -0.3 is 5.11 Å². The zero-order chi connectivity index (χ0) is 23.7. The van der Waals surface area contributed by atoms with Gasteiger partial charge in [0.15, 0.2) is 5.82 Å². The Kier molecular flexibility index (Phi) is 6.65. The van der Waals surface area contributed by atoms with Crippen molar-refractivity contribution in [1.82, 2.24) is 23.5 Å². The molecular formula is C23H33N5O3S. The number of hydrogen-bond donors (Lipinski definition) is 2. The van der Waals surface area contributed by atoms with Gasteiger partial charge in [0.05, 0.1) is 11.9 Å². The molecule has 0 fully saturated rings. The number of benzene rings is 1. The summed E-state index contributed by atoms with van der Waals surface area (Å²) in [5, 5.41) is 18.2. The zero-order valence-electron chi connectivity index (χ0n) is 19.6. The molecule has 0 bridgehead atoms. The second kappa shape index (κ2) is 8.80. The zero-order valence-corrected chi connectivity index (χ0v) is 20.4. The topological polar surface area (TPSA) is 104 Å². The summed E-state index contributed by atoms with van der Waals surface area (Å²) in [4.78, 5) is 4.61. The molecule has 1 atom stereocenters. The number of aromatic amines is 1. The van der Waals surface area contributed by atoms with E-state index in [1.165, 1.54) is 14.1 Å². The first-order chi connectivity index (χ1) is 14.9. The Hall–Kier alpha value is -2.49. The minimum absolute atomic E-state index is 0.0346. The van der Waals surface area contributed by atoms with E-state index in [1.807, 2.05) is 30.5 Å². The van der Waals surface area contributed by atoms with Gasteiger partial charge in [-0.2, -0.15) is 17.8 Å². The highest BCUT2D eigenvalue weighted by molar-refractivity contribution is 7.87. The minimum Gasteiger partial charge on any atom is -0.382 e. The number of aromatic nitrogens is 4. The smallest absolute Gasteiger partial charge is 0.308 e. The van der Waals surface area contributed by atoms with Gasteiger partial charge in [-0.05, 0) is 29.9 Å². The summed E-state index contributed by atoms with van der Waals surface area (Å²) in [6.45, 7) is 7.94. The molecule has 8 nitrogen and oxygen atoms in total. The molecule has 0 aliphatic carbocycles. The first kappa shape index (κ1) is 24.2. The third kappa shape index (κ3) is 5.11. The lowest BCUT2D eigenvalue weighted by atomic mass is 9.85. The molecule has 2 N–H and O–H groups in total. The van der Waals surface area contributed by atoms with Crippen LogP contribution >= 0.6 is 0 Å². The fourth-order valence-corrected chi connectivity index (χ4v) is 4.58. The van der Waals surface area contributed by atoms with Crippen LogP contribution in [0.5, 0.6) is 0 Å². The molecule has 0 aliphatic rings. The predicted octanol–water partition coefficient (Wildman–Crippen LogP) is 3.36. The maximum absolute atomic E-state index is 13.0. The van der Waals surface area contributed by atoms with E-state index in [1.54, 1.807) is 19.3 Å². The summed E-state index contributed by atoms with van der Waals surface area (Å²) in [7, 11) is -0.903. The summed E-state index contributed by atoms with van der Waals surface area (Å²) >= 11 is 0. The quantitative estimate of drug-likeness (QED) is 0.511. The molecular weight excluding hydrogens is 426 g/mol. The van der Waals surface area contributed by atoms with Crippen LogP contribution in [-0.2, 0) is 28.7 Å². The Morgan fingerprint density at radius 2 is 1.75 bits per heavy atom. The van der Waals surface area contributed by atoms with Crippen LogP contribution in [0.15, 0.2) is 42.9 Å². The average molecular weight is 460 g/mol. The van der Waals surface area contributed by atoms with Gasteiger partial charge in [-0.15, -0.1) is 0 Å². The Morgan fingerprint density at radius 1 is 1.09 bits per heavy atom. The molecule has 1 aromatic carbocycles. The fourth-order valence-electron chi connectivity index (χ4n) is 3.52. The van der Waals surface area contributed by atoms with Crippen molar-refractivity contribution in [2.75, 3.05) is 14.1 Å². The molecule has 0 radical (unpaired) electrons. The van der Waals surface area contributed by atoms with Gasteiger partial charge in [0.1, 0.15) is 5.60 Å². The Morgan fingerprint density at radius 3 is 2.28 bits per heavy atom. The van der Waals surface area contributed by atoms with E-state index in [0.717, 1.165) is 31.4 Å². The van der Waals surface area contributed by atoms with Crippen LogP contribution in [0.1, 0.15) is 51.2 Å². The van der Waals surface area contributed by atoms with E-state index in [9.17, 15) is 13.5 Å². The lowest BCUT2D eigenvalue weighted by molar-refractivity contribution is 0.0473. The molecule has 9 heteroatoms. The number of imidazole rings is 1. The SMILES string of the molecule is CCC(C)(C)Cc1cn(S(=O)(=O)N(C)C)c(C(C)(O)Cc2ccc(-c3cn[nH]c3)cc2)n1. The Bertz CT molecular complexity index is 1140. The molecule has 0 saturated heterocycles. The van der Waals surface area contributed by atoms with E-state index in [-0.39, 0.29) is 17.7 Å². The number of nitrogens with zero attached hydrogens (tertiary/aromatic N) is 4. The highest BCUT2D eigenvalue weighted by Crippen LogP contribution is 2.31. The molecule has 3 rings (SSSR count). The van der Waals surface area contributed by atoms with Crippen molar-refractivity contribution in [3.8, 4) is 11.1 Å². The molecule has 2 aromatic heterocycles. The second-order valence-electron chi connectivity index (χ2n) is 9.47. The number of aliphatic hydroxyl groups is 1. The average Bonchev–Trinajstić information content (AvgIpc) is 3.38. The number of rotatable bonds is 9. The molecule has 0 saturated carbocycles. The fraction of sp³-hybridized carbons (Fsp3) is 0.478. The van der Waals surface area contributed by atoms with Gasteiger partial charge in [-0.25, -0.2) is 8.96 Å². The van der Waals surface area contributed by atoms with Crippen LogP contribution in [0.3, 0.4) is 0 Å². The molecule has 2 heterocycles. The van der Waals surface area contributed by atoms with Crippen molar-refractivity contribution in [3.63, 3.8) is 0 Å². The van der Waals surface area contributed by atoms with Crippen LogP contribution in [0, 0.1) is 5.41 Å². The summed E-state index contributed by atoms with van der Waals surface area (Å²) < 4.78 is 28.3.